The Balaban J connectivity index is 3.19. The van der Waals surface area contributed by atoms with Gasteiger partial charge in [-0.15, -0.1) is 5.54 Å². The standard InChI is InChI=1S/C13H15NSi/c1-11-6-7-13(14-2)12(10-11)8-9-15(3,4)5/h6-7,10H,1,3-5H3. The van der Waals surface area contributed by atoms with Crippen LogP contribution in [0.4, 0.5) is 5.69 Å². The van der Waals surface area contributed by atoms with Crippen molar-refractivity contribution in [3.63, 3.8) is 0 Å². The lowest BCUT2D eigenvalue weighted by Gasteiger charge is -2.04. The third-order valence-electron chi connectivity index (χ3n) is 1.84. The second-order valence-electron chi connectivity index (χ2n) is 4.63. The number of aryl methyl sites for hydroxylation is 1. The summed E-state index contributed by atoms with van der Waals surface area (Å²) in [4.78, 5) is 3.48. The zero-order valence-electron chi connectivity index (χ0n) is 9.68. The van der Waals surface area contributed by atoms with Gasteiger partial charge in [-0.3, -0.25) is 0 Å². The molecule has 0 saturated carbocycles. The average molecular weight is 213 g/mol. The van der Waals surface area contributed by atoms with Crippen molar-refractivity contribution in [1.82, 2.24) is 0 Å². The topological polar surface area (TPSA) is 4.36 Å². The first-order chi connectivity index (χ1) is 6.92. The van der Waals surface area contributed by atoms with Gasteiger partial charge in [0.1, 0.15) is 8.07 Å². The van der Waals surface area contributed by atoms with E-state index in [1.165, 1.54) is 0 Å². The molecule has 0 atom stereocenters. The van der Waals surface area contributed by atoms with Crippen LogP contribution < -0.4 is 0 Å². The lowest BCUT2D eigenvalue weighted by Crippen LogP contribution is -2.16. The summed E-state index contributed by atoms with van der Waals surface area (Å²) in [7, 11) is -1.36. The maximum Gasteiger partial charge on any atom is 0.202 e. The zero-order chi connectivity index (χ0) is 11.5. The van der Waals surface area contributed by atoms with E-state index in [0.29, 0.717) is 5.69 Å². The molecular weight excluding hydrogens is 198 g/mol. The Morgan fingerprint density at radius 1 is 1.27 bits per heavy atom. The Morgan fingerprint density at radius 3 is 2.47 bits per heavy atom. The minimum Gasteiger partial charge on any atom is -0.237 e. The second kappa shape index (κ2) is 4.34. The highest BCUT2D eigenvalue weighted by atomic mass is 28.3. The number of rotatable bonds is 0. The third kappa shape index (κ3) is 3.62. The van der Waals surface area contributed by atoms with Gasteiger partial charge in [-0.05, 0) is 6.92 Å². The van der Waals surface area contributed by atoms with Crippen LogP contribution in [0.1, 0.15) is 11.1 Å². The fourth-order valence-electron chi connectivity index (χ4n) is 1.10. The summed E-state index contributed by atoms with van der Waals surface area (Å²) in [5.74, 6) is 3.14. The van der Waals surface area contributed by atoms with Crippen molar-refractivity contribution in [1.29, 1.82) is 0 Å². The van der Waals surface area contributed by atoms with Crippen LogP contribution in [0, 0.1) is 25.0 Å². The molecule has 0 amide bonds. The molecule has 76 valence electrons. The highest BCUT2D eigenvalue weighted by molar-refractivity contribution is 6.83. The minimum absolute atomic E-state index is 0.659. The van der Waals surface area contributed by atoms with E-state index in [0.717, 1.165) is 11.1 Å². The molecule has 0 N–H and O–H groups in total. The van der Waals surface area contributed by atoms with Crippen LogP contribution in [0.15, 0.2) is 18.2 Å². The average Bonchev–Trinajstić information content (AvgIpc) is 2.14. The first kappa shape index (κ1) is 11.6. The number of hydrogen-bond acceptors (Lipinski definition) is 0. The summed E-state index contributed by atoms with van der Waals surface area (Å²) >= 11 is 0. The van der Waals surface area contributed by atoms with Crippen molar-refractivity contribution in [2.24, 2.45) is 0 Å². The lowest BCUT2D eigenvalue weighted by atomic mass is 10.1. The first-order valence-corrected chi connectivity index (χ1v) is 8.44. The van der Waals surface area contributed by atoms with Gasteiger partial charge in [0, 0.05) is 5.56 Å². The summed E-state index contributed by atoms with van der Waals surface area (Å²) in [6, 6.07) is 5.78. The Hall–Kier alpha value is -1.51. The molecule has 0 heterocycles. The molecule has 1 rings (SSSR count). The van der Waals surface area contributed by atoms with Crippen molar-refractivity contribution in [3.05, 3.63) is 40.7 Å². The van der Waals surface area contributed by atoms with Crippen molar-refractivity contribution < 1.29 is 0 Å². The Labute approximate surface area is 93.0 Å². The molecule has 1 aromatic carbocycles. The van der Waals surface area contributed by atoms with Gasteiger partial charge >= 0.3 is 0 Å². The molecular formula is C13H15NSi. The largest absolute Gasteiger partial charge is 0.237 e. The predicted molar refractivity (Wildman–Crippen MR) is 67.7 cm³/mol. The Bertz CT molecular complexity index is 464. The van der Waals surface area contributed by atoms with Gasteiger partial charge in [-0.25, -0.2) is 4.85 Å². The van der Waals surface area contributed by atoms with Crippen LogP contribution >= 0.6 is 0 Å². The lowest BCUT2D eigenvalue weighted by molar-refractivity contribution is 1.46. The maximum absolute atomic E-state index is 7.06. The monoisotopic (exact) mass is 213 g/mol. The highest BCUT2D eigenvalue weighted by Crippen LogP contribution is 2.19. The molecule has 0 radical (unpaired) electrons. The van der Waals surface area contributed by atoms with Gasteiger partial charge in [0.2, 0.25) is 5.69 Å². The van der Waals surface area contributed by atoms with E-state index in [9.17, 15) is 0 Å². The molecule has 0 aliphatic carbocycles. The van der Waals surface area contributed by atoms with Gasteiger partial charge in [-0.1, -0.05) is 49.3 Å². The Kier molecular flexibility index (Phi) is 3.34. The molecule has 15 heavy (non-hydrogen) atoms. The van der Waals surface area contributed by atoms with Crippen LogP contribution in [-0.4, -0.2) is 8.07 Å². The number of benzene rings is 1. The molecule has 1 nitrogen and oxygen atoms in total. The fraction of sp³-hybridized carbons (Fsp3) is 0.308. The van der Waals surface area contributed by atoms with Gasteiger partial charge in [0.05, 0.1) is 6.57 Å². The summed E-state index contributed by atoms with van der Waals surface area (Å²) in [6.45, 7) is 15.7. The molecule has 0 aliphatic heterocycles. The maximum atomic E-state index is 7.06. The van der Waals surface area contributed by atoms with Gasteiger partial charge in [-0.2, -0.15) is 0 Å². The van der Waals surface area contributed by atoms with Crippen LogP contribution in [0.25, 0.3) is 4.85 Å². The van der Waals surface area contributed by atoms with Gasteiger partial charge in [0.25, 0.3) is 0 Å². The van der Waals surface area contributed by atoms with Crippen LogP contribution in [-0.2, 0) is 0 Å². The van der Waals surface area contributed by atoms with Crippen molar-refractivity contribution >= 4 is 13.8 Å². The molecule has 0 unspecified atom stereocenters. The predicted octanol–water partition coefficient (Wildman–Crippen LogP) is 3.77. The molecule has 0 aromatic heterocycles. The van der Waals surface area contributed by atoms with E-state index in [1.807, 2.05) is 25.1 Å². The van der Waals surface area contributed by atoms with E-state index in [1.54, 1.807) is 0 Å². The highest BCUT2D eigenvalue weighted by Gasteiger charge is 2.08. The summed E-state index contributed by atoms with van der Waals surface area (Å²) < 4.78 is 0. The fourth-order valence-corrected chi connectivity index (χ4v) is 1.61. The second-order valence-corrected chi connectivity index (χ2v) is 9.38. The van der Waals surface area contributed by atoms with Gasteiger partial charge < -0.3 is 0 Å². The number of hydrogen-bond donors (Lipinski definition) is 0. The summed E-state index contributed by atoms with van der Waals surface area (Å²) in [5, 5.41) is 0. The first-order valence-electron chi connectivity index (χ1n) is 4.94. The van der Waals surface area contributed by atoms with E-state index < -0.39 is 8.07 Å². The normalized spacial score (nSPS) is 10.1. The van der Waals surface area contributed by atoms with Crippen LogP contribution in [0.3, 0.4) is 0 Å². The third-order valence-corrected chi connectivity index (χ3v) is 2.72. The number of nitrogens with zero attached hydrogens (tertiary/aromatic N) is 1. The molecule has 2 heteroatoms. The molecule has 0 fully saturated rings. The minimum atomic E-state index is -1.36. The molecule has 0 saturated heterocycles. The van der Waals surface area contributed by atoms with E-state index >= 15 is 0 Å². The molecule has 0 spiro atoms. The van der Waals surface area contributed by atoms with Crippen LogP contribution in [0.5, 0.6) is 0 Å². The smallest absolute Gasteiger partial charge is 0.202 e. The quantitative estimate of drug-likeness (QED) is 0.351. The SMILES string of the molecule is [C-]#[N+]c1ccc(C)cc1C#C[Si](C)(C)C. The summed E-state index contributed by atoms with van der Waals surface area (Å²) in [5.41, 5.74) is 5.97. The molecule has 0 aliphatic rings. The van der Waals surface area contributed by atoms with E-state index in [4.69, 9.17) is 6.57 Å². The molecule has 0 bridgehead atoms. The van der Waals surface area contributed by atoms with E-state index in [-0.39, 0.29) is 0 Å². The van der Waals surface area contributed by atoms with Crippen molar-refractivity contribution in [2.45, 2.75) is 26.6 Å². The van der Waals surface area contributed by atoms with Crippen molar-refractivity contribution in [3.8, 4) is 11.5 Å². The van der Waals surface area contributed by atoms with Crippen LogP contribution in [0.2, 0.25) is 19.6 Å². The van der Waals surface area contributed by atoms with Crippen molar-refractivity contribution in [2.75, 3.05) is 0 Å². The van der Waals surface area contributed by atoms with Gasteiger partial charge in [0.15, 0.2) is 0 Å². The van der Waals surface area contributed by atoms with E-state index in [2.05, 4.69) is 36.0 Å². The Morgan fingerprint density at radius 2 is 1.93 bits per heavy atom. The molecule has 1 aromatic rings. The summed E-state index contributed by atoms with van der Waals surface area (Å²) in [6.07, 6.45) is 0. The zero-order valence-corrected chi connectivity index (χ0v) is 10.7.